The highest BCUT2D eigenvalue weighted by molar-refractivity contribution is 6.30. The number of rotatable bonds is 2. The van der Waals surface area contributed by atoms with Crippen LogP contribution in [0.3, 0.4) is 0 Å². The maximum absolute atomic E-state index is 11.2. The summed E-state index contributed by atoms with van der Waals surface area (Å²) in [5, 5.41) is 0.722. The summed E-state index contributed by atoms with van der Waals surface area (Å²) in [7, 11) is 0. The molecular formula is C15H13ClN2O. The van der Waals surface area contributed by atoms with Gasteiger partial charge in [-0.25, -0.2) is 0 Å². The van der Waals surface area contributed by atoms with Gasteiger partial charge in [-0.1, -0.05) is 17.7 Å². The lowest BCUT2D eigenvalue weighted by Gasteiger charge is -2.19. The van der Waals surface area contributed by atoms with Crippen LogP contribution in [0.4, 0.5) is 11.4 Å². The highest BCUT2D eigenvalue weighted by Gasteiger charge is 2.21. The van der Waals surface area contributed by atoms with E-state index < -0.39 is 0 Å². The van der Waals surface area contributed by atoms with Gasteiger partial charge in [-0.05, 0) is 48.4 Å². The van der Waals surface area contributed by atoms with E-state index in [4.69, 9.17) is 17.3 Å². The fourth-order valence-corrected chi connectivity index (χ4v) is 2.65. The molecule has 19 heavy (non-hydrogen) atoms. The van der Waals surface area contributed by atoms with Gasteiger partial charge in [0.05, 0.1) is 0 Å². The van der Waals surface area contributed by atoms with Crippen LogP contribution in [0.25, 0.3) is 0 Å². The fourth-order valence-electron chi connectivity index (χ4n) is 2.47. The van der Waals surface area contributed by atoms with E-state index in [1.807, 2.05) is 36.4 Å². The molecule has 4 heteroatoms. The Bertz CT molecular complexity index is 654. The minimum absolute atomic E-state index is 0.385. The number of benzene rings is 2. The Labute approximate surface area is 116 Å². The van der Waals surface area contributed by atoms with Crippen LogP contribution in [0.2, 0.25) is 5.02 Å². The van der Waals surface area contributed by atoms with Crippen molar-refractivity contribution in [2.24, 2.45) is 5.73 Å². The highest BCUT2D eigenvalue weighted by Crippen LogP contribution is 2.35. The van der Waals surface area contributed by atoms with E-state index in [-0.39, 0.29) is 5.91 Å². The third-order valence-electron chi connectivity index (χ3n) is 3.38. The predicted molar refractivity (Wildman–Crippen MR) is 77.1 cm³/mol. The summed E-state index contributed by atoms with van der Waals surface area (Å²) >= 11 is 6.03. The molecule has 0 aromatic heterocycles. The molecule has 2 aromatic carbocycles. The van der Waals surface area contributed by atoms with E-state index in [0.717, 1.165) is 34.9 Å². The van der Waals surface area contributed by atoms with E-state index in [9.17, 15) is 4.79 Å². The Hall–Kier alpha value is -2.00. The van der Waals surface area contributed by atoms with Gasteiger partial charge in [0, 0.05) is 28.5 Å². The summed E-state index contributed by atoms with van der Waals surface area (Å²) in [6.45, 7) is 0.887. The molecule has 3 nitrogen and oxygen atoms in total. The molecule has 0 fully saturated rings. The zero-order valence-corrected chi connectivity index (χ0v) is 11.0. The quantitative estimate of drug-likeness (QED) is 0.913. The van der Waals surface area contributed by atoms with Crippen LogP contribution < -0.4 is 10.6 Å². The summed E-state index contributed by atoms with van der Waals surface area (Å²) in [6, 6.07) is 13.4. The van der Waals surface area contributed by atoms with Crippen LogP contribution >= 0.6 is 11.6 Å². The van der Waals surface area contributed by atoms with Gasteiger partial charge in [-0.2, -0.15) is 0 Å². The van der Waals surface area contributed by atoms with Gasteiger partial charge < -0.3 is 10.6 Å². The third kappa shape index (κ3) is 2.17. The predicted octanol–water partition coefficient (Wildman–Crippen LogP) is 3.13. The standard InChI is InChI=1S/C15H13ClN2O/c16-12-2-1-3-13(9-12)18-7-6-10-8-11(15(17)19)4-5-14(10)18/h1-5,8-9H,6-7H2,(H2,17,19). The normalized spacial score (nSPS) is 13.4. The van der Waals surface area contributed by atoms with Crippen molar-refractivity contribution >= 4 is 28.9 Å². The molecule has 96 valence electrons. The van der Waals surface area contributed by atoms with Crippen LogP contribution in [0.5, 0.6) is 0 Å². The first kappa shape index (κ1) is 12.1. The maximum atomic E-state index is 11.2. The molecular weight excluding hydrogens is 260 g/mol. The number of anilines is 2. The largest absolute Gasteiger partial charge is 0.366 e. The number of carbonyl (C=O) groups excluding carboxylic acids is 1. The molecule has 1 amide bonds. The van der Waals surface area contributed by atoms with Crippen molar-refractivity contribution in [1.29, 1.82) is 0 Å². The molecule has 0 radical (unpaired) electrons. The van der Waals surface area contributed by atoms with E-state index in [0.29, 0.717) is 5.56 Å². The first-order valence-corrected chi connectivity index (χ1v) is 6.49. The average molecular weight is 273 g/mol. The van der Waals surface area contributed by atoms with Crippen LogP contribution in [-0.4, -0.2) is 12.5 Å². The van der Waals surface area contributed by atoms with Gasteiger partial charge >= 0.3 is 0 Å². The second kappa shape index (κ2) is 4.59. The first-order chi connectivity index (χ1) is 9.15. The van der Waals surface area contributed by atoms with Gasteiger partial charge in [0.2, 0.25) is 5.91 Å². The summed E-state index contributed by atoms with van der Waals surface area (Å²) in [5.74, 6) is -0.385. The van der Waals surface area contributed by atoms with Gasteiger partial charge in [0.25, 0.3) is 0 Å². The molecule has 1 aliphatic rings. The van der Waals surface area contributed by atoms with Crippen LogP contribution in [0.1, 0.15) is 15.9 Å². The molecule has 0 aliphatic carbocycles. The van der Waals surface area contributed by atoms with Crippen molar-refractivity contribution in [2.75, 3.05) is 11.4 Å². The summed E-state index contributed by atoms with van der Waals surface area (Å²) in [5.41, 5.74) is 9.20. The zero-order valence-electron chi connectivity index (χ0n) is 10.3. The van der Waals surface area contributed by atoms with Crippen LogP contribution in [-0.2, 0) is 6.42 Å². The van der Waals surface area contributed by atoms with Gasteiger partial charge in [0.15, 0.2) is 0 Å². The number of primary amides is 1. The molecule has 0 saturated carbocycles. The van der Waals surface area contributed by atoms with Crippen molar-refractivity contribution in [3.05, 3.63) is 58.6 Å². The Kier molecular flexibility index (Phi) is 2.91. The van der Waals surface area contributed by atoms with Gasteiger partial charge in [0.1, 0.15) is 0 Å². The molecule has 3 rings (SSSR count). The zero-order chi connectivity index (χ0) is 13.4. The summed E-state index contributed by atoms with van der Waals surface area (Å²) in [6.07, 6.45) is 0.906. The Balaban J connectivity index is 2.01. The second-order valence-electron chi connectivity index (χ2n) is 4.59. The molecule has 0 unspecified atom stereocenters. The third-order valence-corrected chi connectivity index (χ3v) is 3.61. The minimum atomic E-state index is -0.385. The Morgan fingerprint density at radius 3 is 2.79 bits per heavy atom. The van der Waals surface area contributed by atoms with Crippen molar-refractivity contribution in [3.63, 3.8) is 0 Å². The van der Waals surface area contributed by atoms with Crippen molar-refractivity contribution < 1.29 is 4.79 Å². The van der Waals surface area contributed by atoms with Crippen LogP contribution in [0.15, 0.2) is 42.5 Å². The average Bonchev–Trinajstić information content (AvgIpc) is 2.81. The topological polar surface area (TPSA) is 46.3 Å². The molecule has 2 N–H and O–H groups in total. The lowest BCUT2D eigenvalue weighted by Crippen LogP contribution is -2.13. The maximum Gasteiger partial charge on any atom is 0.248 e. The fraction of sp³-hybridized carbons (Fsp3) is 0.133. The van der Waals surface area contributed by atoms with Gasteiger partial charge in [-0.15, -0.1) is 0 Å². The molecule has 0 spiro atoms. The molecule has 1 heterocycles. The molecule has 1 aliphatic heterocycles. The van der Waals surface area contributed by atoms with E-state index in [2.05, 4.69) is 4.90 Å². The smallest absolute Gasteiger partial charge is 0.248 e. The lowest BCUT2D eigenvalue weighted by atomic mass is 10.1. The number of nitrogens with zero attached hydrogens (tertiary/aromatic N) is 1. The van der Waals surface area contributed by atoms with E-state index in [1.165, 1.54) is 0 Å². The SMILES string of the molecule is NC(=O)c1ccc2c(c1)CCN2c1cccc(Cl)c1. The number of halogens is 1. The monoisotopic (exact) mass is 272 g/mol. The number of hydrogen-bond acceptors (Lipinski definition) is 2. The second-order valence-corrected chi connectivity index (χ2v) is 5.03. The lowest BCUT2D eigenvalue weighted by molar-refractivity contribution is 0.1000. The first-order valence-electron chi connectivity index (χ1n) is 6.11. The van der Waals surface area contributed by atoms with Crippen molar-refractivity contribution in [2.45, 2.75) is 6.42 Å². The molecule has 2 aromatic rings. The molecule has 0 atom stereocenters. The molecule has 0 bridgehead atoms. The number of amides is 1. The Morgan fingerprint density at radius 1 is 1.21 bits per heavy atom. The molecule has 0 saturated heterocycles. The Morgan fingerprint density at radius 2 is 2.05 bits per heavy atom. The summed E-state index contributed by atoms with van der Waals surface area (Å²) in [4.78, 5) is 13.4. The van der Waals surface area contributed by atoms with E-state index >= 15 is 0 Å². The number of nitrogens with two attached hydrogens (primary N) is 1. The van der Waals surface area contributed by atoms with Crippen LogP contribution in [0, 0.1) is 0 Å². The summed E-state index contributed by atoms with van der Waals surface area (Å²) < 4.78 is 0. The van der Waals surface area contributed by atoms with Crippen molar-refractivity contribution in [3.8, 4) is 0 Å². The van der Waals surface area contributed by atoms with E-state index in [1.54, 1.807) is 6.07 Å². The highest BCUT2D eigenvalue weighted by atomic mass is 35.5. The number of hydrogen-bond donors (Lipinski definition) is 1. The minimum Gasteiger partial charge on any atom is -0.366 e. The number of fused-ring (bicyclic) bond motifs is 1. The van der Waals surface area contributed by atoms with Gasteiger partial charge in [-0.3, -0.25) is 4.79 Å². The van der Waals surface area contributed by atoms with Crippen molar-refractivity contribution in [1.82, 2.24) is 0 Å². The number of carbonyl (C=O) groups is 1.